The molecule has 1 unspecified atom stereocenters. The Labute approximate surface area is 100 Å². The van der Waals surface area contributed by atoms with Crippen molar-refractivity contribution in [2.24, 2.45) is 0 Å². The lowest BCUT2D eigenvalue weighted by atomic mass is 10.2. The topological polar surface area (TPSA) is 63.6 Å². The molecule has 6 heteroatoms. The maximum Gasteiger partial charge on any atom is 0.264 e. The summed E-state index contributed by atoms with van der Waals surface area (Å²) >= 11 is 1.64. The summed E-state index contributed by atoms with van der Waals surface area (Å²) in [5, 5.41) is 4.07. The van der Waals surface area contributed by atoms with Crippen molar-refractivity contribution in [2.75, 3.05) is 12.4 Å². The molecular formula is C10H16O4S2. The van der Waals surface area contributed by atoms with Crippen LogP contribution < -0.4 is 0 Å². The van der Waals surface area contributed by atoms with Gasteiger partial charge in [-0.2, -0.15) is 19.8 Å². The van der Waals surface area contributed by atoms with Gasteiger partial charge in [-0.05, 0) is 42.2 Å². The molecular weight excluding hydrogens is 248 g/mol. The number of hydrogen-bond donors (Lipinski definition) is 1. The zero-order valence-corrected chi connectivity index (χ0v) is 10.8. The van der Waals surface area contributed by atoms with Gasteiger partial charge in [0.25, 0.3) is 10.1 Å². The third kappa shape index (κ3) is 6.22. The van der Waals surface area contributed by atoms with E-state index < -0.39 is 10.1 Å². The molecule has 1 N–H and O–H groups in total. The molecule has 0 bridgehead atoms. The Balaban J connectivity index is 2.13. The van der Waals surface area contributed by atoms with Gasteiger partial charge in [-0.3, -0.25) is 4.55 Å². The van der Waals surface area contributed by atoms with Crippen LogP contribution in [0.3, 0.4) is 0 Å². The van der Waals surface area contributed by atoms with Crippen LogP contribution in [-0.2, 0) is 21.3 Å². The second-order valence-corrected chi connectivity index (χ2v) is 5.99. The predicted molar refractivity (Wildman–Crippen MR) is 64.5 cm³/mol. The summed E-state index contributed by atoms with van der Waals surface area (Å²) in [5.74, 6) is -0.243. The fourth-order valence-electron chi connectivity index (χ4n) is 1.21. The molecule has 16 heavy (non-hydrogen) atoms. The first-order valence-corrected chi connectivity index (χ1v) is 7.60. The molecule has 4 nitrogen and oxygen atoms in total. The van der Waals surface area contributed by atoms with Gasteiger partial charge in [-0.25, -0.2) is 0 Å². The monoisotopic (exact) mass is 264 g/mol. The SMILES string of the molecule is CC(CCS(=O)(=O)O)OCCc1ccsc1. The summed E-state index contributed by atoms with van der Waals surface area (Å²) in [7, 11) is -3.87. The summed E-state index contributed by atoms with van der Waals surface area (Å²) in [6, 6.07) is 2.04. The van der Waals surface area contributed by atoms with Crippen LogP contribution in [0.5, 0.6) is 0 Å². The second kappa shape index (κ2) is 6.34. The van der Waals surface area contributed by atoms with Crippen molar-refractivity contribution in [3.63, 3.8) is 0 Å². The third-order valence-electron chi connectivity index (χ3n) is 2.16. The quantitative estimate of drug-likeness (QED) is 0.765. The fraction of sp³-hybridized carbons (Fsp3) is 0.600. The molecule has 1 aromatic rings. The van der Waals surface area contributed by atoms with Gasteiger partial charge in [-0.15, -0.1) is 0 Å². The molecule has 1 aromatic heterocycles. The van der Waals surface area contributed by atoms with E-state index in [-0.39, 0.29) is 11.9 Å². The Hall–Kier alpha value is -0.430. The average molecular weight is 264 g/mol. The molecule has 0 radical (unpaired) electrons. The van der Waals surface area contributed by atoms with E-state index >= 15 is 0 Å². The van der Waals surface area contributed by atoms with Crippen molar-refractivity contribution in [1.29, 1.82) is 0 Å². The number of thiophene rings is 1. The molecule has 0 amide bonds. The van der Waals surface area contributed by atoms with Gasteiger partial charge in [0.15, 0.2) is 0 Å². The highest BCUT2D eigenvalue weighted by atomic mass is 32.2. The maximum atomic E-state index is 10.5. The van der Waals surface area contributed by atoms with Gasteiger partial charge >= 0.3 is 0 Å². The highest BCUT2D eigenvalue weighted by Gasteiger charge is 2.09. The van der Waals surface area contributed by atoms with Crippen LogP contribution in [0.15, 0.2) is 16.8 Å². The van der Waals surface area contributed by atoms with Crippen molar-refractivity contribution >= 4 is 21.5 Å². The molecule has 0 aliphatic carbocycles. The van der Waals surface area contributed by atoms with Crippen LogP contribution in [0.1, 0.15) is 18.9 Å². The Morgan fingerprint density at radius 1 is 1.56 bits per heavy atom. The largest absolute Gasteiger partial charge is 0.378 e. The zero-order chi connectivity index (χ0) is 12.0. The summed E-state index contributed by atoms with van der Waals surface area (Å²) in [5.41, 5.74) is 1.23. The average Bonchev–Trinajstić information content (AvgIpc) is 2.66. The van der Waals surface area contributed by atoms with Gasteiger partial charge in [0.1, 0.15) is 0 Å². The molecule has 0 aliphatic rings. The van der Waals surface area contributed by atoms with E-state index in [0.717, 1.165) is 6.42 Å². The van der Waals surface area contributed by atoms with E-state index in [9.17, 15) is 8.42 Å². The van der Waals surface area contributed by atoms with E-state index in [1.165, 1.54) is 5.56 Å². The summed E-state index contributed by atoms with van der Waals surface area (Å²) in [6.07, 6.45) is 1.00. The van der Waals surface area contributed by atoms with Gasteiger partial charge in [-0.1, -0.05) is 0 Å². The van der Waals surface area contributed by atoms with Gasteiger partial charge in [0, 0.05) is 0 Å². The lowest BCUT2D eigenvalue weighted by molar-refractivity contribution is 0.0662. The van der Waals surface area contributed by atoms with E-state index in [2.05, 4.69) is 5.38 Å². The summed E-state index contributed by atoms with van der Waals surface area (Å²) < 4.78 is 35.0. The Bertz CT molecular complexity index is 383. The second-order valence-electron chi connectivity index (χ2n) is 3.64. The van der Waals surface area contributed by atoms with E-state index in [1.807, 2.05) is 11.4 Å². The first-order valence-electron chi connectivity index (χ1n) is 5.05. The van der Waals surface area contributed by atoms with E-state index in [0.29, 0.717) is 13.0 Å². The van der Waals surface area contributed by atoms with Crippen molar-refractivity contribution in [1.82, 2.24) is 0 Å². The number of rotatable bonds is 7. The van der Waals surface area contributed by atoms with Crippen molar-refractivity contribution in [2.45, 2.75) is 25.9 Å². The summed E-state index contributed by atoms with van der Waals surface area (Å²) in [6.45, 7) is 2.38. The first kappa shape index (κ1) is 13.6. The molecule has 1 heterocycles. The van der Waals surface area contributed by atoms with Crippen LogP contribution in [-0.4, -0.2) is 31.4 Å². The van der Waals surface area contributed by atoms with Gasteiger partial charge in [0.2, 0.25) is 0 Å². The van der Waals surface area contributed by atoms with E-state index in [1.54, 1.807) is 18.3 Å². The Morgan fingerprint density at radius 2 is 2.31 bits per heavy atom. The first-order chi connectivity index (χ1) is 7.47. The van der Waals surface area contributed by atoms with Crippen LogP contribution in [0.25, 0.3) is 0 Å². The molecule has 0 aromatic carbocycles. The van der Waals surface area contributed by atoms with Crippen molar-refractivity contribution in [3.8, 4) is 0 Å². The third-order valence-corrected chi connectivity index (χ3v) is 3.64. The lowest BCUT2D eigenvalue weighted by Crippen LogP contribution is -2.16. The zero-order valence-electron chi connectivity index (χ0n) is 9.13. The normalized spacial score (nSPS) is 13.9. The Morgan fingerprint density at radius 3 is 2.88 bits per heavy atom. The smallest absolute Gasteiger partial charge is 0.264 e. The van der Waals surface area contributed by atoms with Crippen LogP contribution in [0, 0.1) is 0 Å². The van der Waals surface area contributed by atoms with Crippen LogP contribution in [0.2, 0.25) is 0 Å². The predicted octanol–water partition coefficient (Wildman–Crippen LogP) is 1.97. The van der Waals surface area contributed by atoms with Gasteiger partial charge < -0.3 is 4.74 Å². The molecule has 0 aliphatic heterocycles. The van der Waals surface area contributed by atoms with Crippen LogP contribution >= 0.6 is 11.3 Å². The molecule has 0 fully saturated rings. The highest BCUT2D eigenvalue weighted by Crippen LogP contribution is 2.08. The highest BCUT2D eigenvalue weighted by molar-refractivity contribution is 7.85. The number of ether oxygens (including phenoxy) is 1. The molecule has 0 saturated heterocycles. The van der Waals surface area contributed by atoms with Crippen LogP contribution in [0.4, 0.5) is 0 Å². The molecule has 92 valence electrons. The summed E-state index contributed by atoms with van der Waals surface area (Å²) in [4.78, 5) is 0. The molecule has 0 saturated carbocycles. The Kier molecular flexibility index (Phi) is 5.40. The lowest BCUT2D eigenvalue weighted by Gasteiger charge is -2.11. The minimum absolute atomic E-state index is 0.152. The number of hydrogen-bond acceptors (Lipinski definition) is 4. The maximum absolute atomic E-state index is 10.5. The standard InChI is InChI=1S/C10H16O4S2/c1-9(4-7-16(11,12)13)14-5-2-10-3-6-15-8-10/h3,6,8-9H,2,4-5,7H2,1H3,(H,11,12,13). The fourth-order valence-corrected chi connectivity index (χ4v) is 2.54. The van der Waals surface area contributed by atoms with Crippen molar-refractivity contribution in [3.05, 3.63) is 22.4 Å². The van der Waals surface area contributed by atoms with E-state index in [4.69, 9.17) is 9.29 Å². The minimum Gasteiger partial charge on any atom is -0.378 e. The minimum atomic E-state index is -3.87. The molecule has 1 rings (SSSR count). The molecule has 0 spiro atoms. The van der Waals surface area contributed by atoms with Gasteiger partial charge in [0.05, 0.1) is 18.5 Å². The molecule has 1 atom stereocenters. The van der Waals surface area contributed by atoms with Crippen molar-refractivity contribution < 1.29 is 17.7 Å².